The first-order valence-electron chi connectivity index (χ1n) is 9.09. The molecule has 3 atom stereocenters. The maximum atomic E-state index is 6.46. The first kappa shape index (κ1) is 17.5. The molecule has 0 bridgehead atoms. The predicted octanol–water partition coefficient (Wildman–Crippen LogP) is 6.10. The van der Waals surface area contributed by atoms with Gasteiger partial charge in [0.15, 0.2) is 0 Å². The van der Waals surface area contributed by atoms with E-state index in [-0.39, 0.29) is 0 Å². The van der Waals surface area contributed by atoms with Gasteiger partial charge in [-0.15, -0.1) is 0 Å². The summed E-state index contributed by atoms with van der Waals surface area (Å²) in [6, 6.07) is 6.81. The van der Waals surface area contributed by atoms with Gasteiger partial charge in [-0.2, -0.15) is 0 Å². The van der Waals surface area contributed by atoms with E-state index in [0.717, 1.165) is 24.4 Å². The third kappa shape index (κ3) is 4.35. The molecule has 0 heterocycles. The molecule has 3 unspecified atom stereocenters. The second kappa shape index (κ2) is 7.64. The van der Waals surface area contributed by atoms with Crippen molar-refractivity contribution in [2.45, 2.75) is 79.4 Å². The summed E-state index contributed by atoms with van der Waals surface area (Å²) in [6.07, 6.45) is 4.36. The summed E-state index contributed by atoms with van der Waals surface area (Å²) < 4.78 is 6.46. The lowest BCUT2D eigenvalue weighted by atomic mass is 9.75. The molecule has 1 saturated carbocycles. The topological polar surface area (TPSA) is 9.23 Å². The van der Waals surface area contributed by atoms with E-state index in [9.17, 15) is 0 Å². The highest BCUT2D eigenvalue weighted by Crippen LogP contribution is 2.36. The van der Waals surface area contributed by atoms with E-state index in [1.54, 1.807) is 0 Å². The molecule has 1 aliphatic carbocycles. The van der Waals surface area contributed by atoms with E-state index in [4.69, 9.17) is 4.74 Å². The molecule has 1 aromatic rings. The largest absolute Gasteiger partial charge is 0.373 e. The second-order valence-corrected chi connectivity index (χ2v) is 8.03. The lowest BCUT2D eigenvalue weighted by Crippen LogP contribution is -2.34. The maximum absolute atomic E-state index is 6.46. The summed E-state index contributed by atoms with van der Waals surface area (Å²) in [5.74, 6) is 2.82. The number of rotatable bonds is 5. The quantitative estimate of drug-likeness (QED) is 0.639. The third-order valence-electron chi connectivity index (χ3n) is 5.33. The minimum atomic E-state index is 0.435. The van der Waals surface area contributed by atoms with Gasteiger partial charge < -0.3 is 4.74 Å². The van der Waals surface area contributed by atoms with E-state index in [2.05, 4.69) is 59.7 Å². The third-order valence-corrected chi connectivity index (χ3v) is 5.33. The fourth-order valence-electron chi connectivity index (χ4n) is 3.93. The summed E-state index contributed by atoms with van der Waals surface area (Å²) in [5, 5.41) is 0. The van der Waals surface area contributed by atoms with Gasteiger partial charge in [0.05, 0.1) is 12.7 Å². The lowest BCUT2D eigenvalue weighted by molar-refractivity contribution is -0.0475. The Bertz CT molecular complexity index is 475. The zero-order chi connectivity index (χ0) is 16.3. The van der Waals surface area contributed by atoms with Crippen LogP contribution in [0.3, 0.4) is 0 Å². The minimum absolute atomic E-state index is 0.435. The van der Waals surface area contributed by atoms with Gasteiger partial charge in [-0.25, -0.2) is 0 Å². The van der Waals surface area contributed by atoms with E-state index in [1.165, 1.54) is 36.0 Å². The van der Waals surface area contributed by atoms with E-state index >= 15 is 0 Å². The normalized spacial score (nSPS) is 25.9. The second-order valence-electron chi connectivity index (χ2n) is 8.03. The van der Waals surface area contributed by atoms with Crippen molar-refractivity contribution in [3.63, 3.8) is 0 Å². The minimum Gasteiger partial charge on any atom is -0.373 e. The molecule has 1 aromatic carbocycles. The Balaban J connectivity index is 2.09. The summed E-state index contributed by atoms with van der Waals surface area (Å²) >= 11 is 0. The summed E-state index contributed by atoms with van der Waals surface area (Å²) in [6.45, 7) is 14.6. The van der Waals surface area contributed by atoms with Gasteiger partial charge in [-0.3, -0.25) is 0 Å². The van der Waals surface area contributed by atoms with Crippen LogP contribution in [0.1, 0.15) is 76.5 Å². The summed E-state index contributed by atoms with van der Waals surface area (Å²) in [5.41, 5.74) is 4.16. The fourth-order valence-corrected chi connectivity index (χ4v) is 3.93. The molecule has 1 heteroatoms. The molecule has 0 aliphatic heterocycles. The van der Waals surface area contributed by atoms with Crippen molar-refractivity contribution >= 4 is 0 Å². The zero-order valence-corrected chi connectivity index (χ0v) is 15.4. The molecule has 2 rings (SSSR count). The van der Waals surface area contributed by atoms with Crippen molar-refractivity contribution in [3.05, 3.63) is 34.9 Å². The van der Waals surface area contributed by atoms with Gasteiger partial charge in [-0.1, -0.05) is 64.8 Å². The van der Waals surface area contributed by atoms with Crippen molar-refractivity contribution in [2.75, 3.05) is 0 Å². The van der Waals surface area contributed by atoms with Crippen LogP contribution in [0.15, 0.2) is 18.2 Å². The van der Waals surface area contributed by atoms with Crippen LogP contribution in [0.25, 0.3) is 0 Å². The van der Waals surface area contributed by atoms with Crippen LogP contribution in [-0.2, 0) is 11.3 Å². The Kier molecular flexibility index (Phi) is 6.09. The highest BCUT2D eigenvalue weighted by molar-refractivity contribution is 5.33. The highest BCUT2D eigenvalue weighted by atomic mass is 16.5. The Morgan fingerprint density at radius 2 is 1.86 bits per heavy atom. The molecule has 1 aliphatic rings. The molecular weight excluding hydrogens is 268 g/mol. The number of ether oxygens (including phenoxy) is 1. The standard InChI is InChI=1S/C21H34O/c1-14(2)19-9-7-16(5)11-18(19)13-22-21-12-17(6)8-10-20(21)15(3)4/h7,9,11,14-15,17,20-21H,8,10,12-13H2,1-6H3. The van der Waals surface area contributed by atoms with Gasteiger partial charge in [-0.05, 0) is 54.6 Å². The summed E-state index contributed by atoms with van der Waals surface area (Å²) in [4.78, 5) is 0. The van der Waals surface area contributed by atoms with Gasteiger partial charge in [0.1, 0.15) is 0 Å². The Morgan fingerprint density at radius 1 is 1.14 bits per heavy atom. The Labute approximate surface area is 137 Å². The smallest absolute Gasteiger partial charge is 0.0723 e. The Hall–Kier alpha value is -0.820. The van der Waals surface area contributed by atoms with Crippen LogP contribution in [0.4, 0.5) is 0 Å². The van der Waals surface area contributed by atoms with E-state index in [1.807, 2.05) is 0 Å². The highest BCUT2D eigenvalue weighted by Gasteiger charge is 2.31. The molecule has 0 aromatic heterocycles. The summed E-state index contributed by atoms with van der Waals surface area (Å²) in [7, 11) is 0. The Morgan fingerprint density at radius 3 is 2.50 bits per heavy atom. The monoisotopic (exact) mass is 302 g/mol. The molecular formula is C21H34O. The van der Waals surface area contributed by atoms with E-state index < -0.39 is 0 Å². The van der Waals surface area contributed by atoms with Crippen molar-refractivity contribution in [1.29, 1.82) is 0 Å². The maximum Gasteiger partial charge on any atom is 0.0723 e. The lowest BCUT2D eigenvalue weighted by Gasteiger charge is -2.37. The van der Waals surface area contributed by atoms with Crippen LogP contribution in [0, 0.1) is 24.7 Å². The number of hydrogen-bond donors (Lipinski definition) is 0. The first-order valence-corrected chi connectivity index (χ1v) is 9.09. The van der Waals surface area contributed by atoms with E-state index in [0.29, 0.717) is 12.0 Å². The van der Waals surface area contributed by atoms with Crippen LogP contribution in [0.2, 0.25) is 0 Å². The van der Waals surface area contributed by atoms with Crippen molar-refractivity contribution in [1.82, 2.24) is 0 Å². The van der Waals surface area contributed by atoms with Crippen molar-refractivity contribution in [2.24, 2.45) is 17.8 Å². The van der Waals surface area contributed by atoms with Crippen LogP contribution < -0.4 is 0 Å². The molecule has 0 amide bonds. The molecule has 0 radical (unpaired) electrons. The predicted molar refractivity (Wildman–Crippen MR) is 95.2 cm³/mol. The molecule has 22 heavy (non-hydrogen) atoms. The molecule has 1 nitrogen and oxygen atoms in total. The van der Waals surface area contributed by atoms with Crippen molar-refractivity contribution < 1.29 is 4.74 Å². The van der Waals surface area contributed by atoms with Gasteiger partial charge >= 0.3 is 0 Å². The fraction of sp³-hybridized carbons (Fsp3) is 0.714. The van der Waals surface area contributed by atoms with Crippen LogP contribution >= 0.6 is 0 Å². The van der Waals surface area contributed by atoms with Gasteiger partial charge in [0.2, 0.25) is 0 Å². The zero-order valence-electron chi connectivity index (χ0n) is 15.4. The number of benzene rings is 1. The number of hydrogen-bond acceptors (Lipinski definition) is 1. The SMILES string of the molecule is Cc1ccc(C(C)C)c(COC2CC(C)CCC2C(C)C)c1. The average molecular weight is 303 g/mol. The van der Waals surface area contributed by atoms with Crippen molar-refractivity contribution in [3.8, 4) is 0 Å². The van der Waals surface area contributed by atoms with Crippen LogP contribution in [0.5, 0.6) is 0 Å². The molecule has 0 spiro atoms. The number of aryl methyl sites for hydroxylation is 1. The molecule has 1 fully saturated rings. The molecule has 0 saturated heterocycles. The van der Waals surface area contributed by atoms with Crippen LogP contribution in [-0.4, -0.2) is 6.10 Å². The molecule has 124 valence electrons. The first-order chi connectivity index (χ1) is 10.4. The van der Waals surface area contributed by atoms with Gasteiger partial charge in [0, 0.05) is 0 Å². The average Bonchev–Trinajstić information content (AvgIpc) is 2.44. The molecule has 0 N–H and O–H groups in total. The van der Waals surface area contributed by atoms with Gasteiger partial charge in [0.25, 0.3) is 0 Å².